The van der Waals surface area contributed by atoms with E-state index in [0.717, 1.165) is 6.42 Å². The van der Waals surface area contributed by atoms with Crippen LogP contribution in [-0.2, 0) is 11.2 Å². The zero-order valence-electron chi connectivity index (χ0n) is 9.48. The molecule has 1 amide bonds. The van der Waals surface area contributed by atoms with Crippen molar-refractivity contribution in [2.45, 2.75) is 26.2 Å². The smallest absolute Gasteiger partial charge is 0.228 e. The van der Waals surface area contributed by atoms with Crippen molar-refractivity contribution < 1.29 is 9.32 Å². The molecule has 0 aliphatic heterocycles. The fourth-order valence-corrected chi connectivity index (χ4v) is 1.34. The molecule has 0 aliphatic rings. The van der Waals surface area contributed by atoms with Crippen LogP contribution in [0, 0.1) is 5.92 Å². The molecular weight excluding hydrogens is 208 g/mol. The molecule has 1 unspecified atom stereocenters. The molecule has 3 N–H and O–H groups in total. The quantitative estimate of drug-likeness (QED) is 0.687. The Balaban J connectivity index is 2.15. The zero-order valence-corrected chi connectivity index (χ0v) is 9.48. The van der Waals surface area contributed by atoms with Gasteiger partial charge in [0, 0.05) is 19.4 Å². The third-order valence-corrected chi connectivity index (χ3v) is 2.45. The van der Waals surface area contributed by atoms with Crippen LogP contribution in [-0.4, -0.2) is 29.1 Å². The van der Waals surface area contributed by atoms with Crippen molar-refractivity contribution in [3.8, 4) is 0 Å². The van der Waals surface area contributed by atoms with E-state index in [9.17, 15) is 4.79 Å². The second kappa shape index (κ2) is 6.95. The van der Waals surface area contributed by atoms with Crippen LogP contribution in [0.2, 0.25) is 0 Å². The Hall–Kier alpha value is -1.43. The van der Waals surface area contributed by atoms with Crippen LogP contribution < -0.4 is 11.1 Å². The van der Waals surface area contributed by atoms with Crippen molar-refractivity contribution >= 4 is 5.91 Å². The molecule has 0 radical (unpaired) electrons. The highest BCUT2D eigenvalue weighted by Gasteiger charge is 2.10. The third-order valence-electron chi connectivity index (χ3n) is 2.45. The summed E-state index contributed by atoms with van der Waals surface area (Å²) in [5.74, 6) is 0.825. The minimum absolute atomic E-state index is 0.0248. The minimum atomic E-state index is 0.0248. The second-order valence-corrected chi connectivity index (χ2v) is 3.65. The lowest BCUT2D eigenvalue weighted by molar-refractivity contribution is -0.121. The SMILES string of the molecule is CCC(CN)CC(=O)NCCc1ncno1. The zero-order chi connectivity index (χ0) is 11.8. The van der Waals surface area contributed by atoms with Gasteiger partial charge in [-0.05, 0) is 12.5 Å². The first kappa shape index (κ1) is 12.6. The van der Waals surface area contributed by atoms with E-state index in [1.807, 2.05) is 6.92 Å². The molecule has 1 aromatic heterocycles. The highest BCUT2D eigenvalue weighted by atomic mass is 16.5. The second-order valence-electron chi connectivity index (χ2n) is 3.65. The summed E-state index contributed by atoms with van der Waals surface area (Å²) in [5.41, 5.74) is 5.52. The molecule has 0 aromatic carbocycles. The molecule has 0 saturated carbocycles. The molecule has 0 aliphatic carbocycles. The van der Waals surface area contributed by atoms with Crippen LogP contribution >= 0.6 is 0 Å². The van der Waals surface area contributed by atoms with Gasteiger partial charge in [-0.2, -0.15) is 4.98 Å². The molecule has 1 heterocycles. The lowest BCUT2D eigenvalue weighted by atomic mass is 10.0. The number of amides is 1. The van der Waals surface area contributed by atoms with Crippen molar-refractivity contribution in [1.82, 2.24) is 15.5 Å². The fraction of sp³-hybridized carbons (Fsp3) is 0.700. The van der Waals surface area contributed by atoms with Gasteiger partial charge in [0.25, 0.3) is 0 Å². The summed E-state index contributed by atoms with van der Waals surface area (Å²) in [7, 11) is 0. The van der Waals surface area contributed by atoms with E-state index in [0.29, 0.717) is 31.8 Å². The monoisotopic (exact) mass is 226 g/mol. The Morgan fingerprint density at radius 2 is 2.50 bits per heavy atom. The number of nitrogens with zero attached hydrogens (tertiary/aromatic N) is 2. The first-order valence-electron chi connectivity index (χ1n) is 5.48. The summed E-state index contributed by atoms with van der Waals surface area (Å²) in [6.07, 6.45) is 3.31. The van der Waals surface area contributed by atoms with Gasteiger partial charge >= 0.3 is 0 Å². The summed E-state index contributed by atoms with van der Waals surface area (Å²) in [4.78, 5) is 15.3. The summed E-state index contributed by atoms with van der Waals surface area (Å²) >= 11 is 0. The van der Waals surface area contributed by atoms with Crippen molar-refractivity contribution in [2.75, 3.05) is 13.1 Å². The van der Waals surface area contributed by atoms with Gasteiger partial charge in [0.05, 0.1) is 0 Å². The molecule has 0 saturated heterocycles. The number of hydrogen-bond acceptors (Lipinski definition) is 5. The molecule has 6 nitrogen and oxygen atoms in total. The Labute approximate surface area is 94.6 Å². The molecule has 0 spiro atoms. The maximum atomic E-state index is 11.5. The molecular formula is C10H18N4O2. The summed E-state index contributed by atoms with van der Waals surface area (Å²) in [6, 6.07) is 0. The van der Waals surface area contributed by atoms with Crippen LogP contribution in [0.15, 0.2) is 10.9 Å². The number of carbonyl (C=O) groups is 1. The van der Waals surface area contributed by atoms with E-state index in [4.69, 9.17) is 10.3 Å². The Morgan fingerprint density at radius 3 is 3.06 bits per heavy atom. The molecule has 16 heavy (non-hydrogen) atoms. The Kier molecular flexibility index (Phi) is 5.49. The number of hydrogen-bond donors (Lipinski definition) is 2. The first-order valence-corrected chi connectivity index (χ1v) is 5.48. The summed E-state index contributed by atoms with van der Waals surface area (Å²) in [6.45, 7) is 3.10. The molecule has 1 rings (SSSR count). The van der Waals surface area contributed by atoms with E-state index in [2.05, 4.69) is 15.5 Å². The van der Waals surface area contributed by atoms with Gasteiger partial charge in [0.15, 0.2) is 6.33 Å². The number of rotatable bonds is 7. The Morgan fingerprint density at radius 1 is 1.69 bits per heavy atom. The molecule has 6 heteroatoms. The normalized spacial score (nSPS) is 12.4. The highest BCUT2D eigenvalue weighted by Crippen LogP contribution is 2.05. The molecule has 0 bridgehead atoms. The summed E-state index contributed by atoms with van der Waals surface area (Å²) in [5, 5.41) is 6.28. The predicted molar refractivity (Wildman–Crippen MR) is 58.5 cm³/mol. The standard InChI is InChI=1S/C10H18N4O2/c1-2-8(6-11)5-9(15)12-4-3-10-13-7-14-16-10/h7-8H,2-6,11H2,1H3,(H,12,15). The first-order chi connectivity index (χ1) is 7.76. The lowest BCUT2D eigenvalue weighted by Gasteiger charge is -2.11. The van der Waals surface area contributed by atoms with Crippen molar-refractivity contribution in [3.05, 3.63) is 12.2 Å². The van der Waals surface area contributed by atoms with Gasteiger partial charge in [-0.3, -0.25) is 4.79 Å². The van der Waals surface area contributed by atoms with Crippen molar-refractivity contribution in [2.24, 2.45) is 11.7 Å². The minimum Gasteiger partial charge on any atom is -0.356 e. The van der Waals surface area contributed by atoms with Crippen LogP contribution in [0.3, 0.4) is 0 Å². The van der Waals surface area contributed by atoms with E-state index < -0.39 is 0 Å². The van der Waals surface area contributed by atoms with E-state index in [1.54, 1.807) is 0 Å². The van der Waals surface area contributed by atoms with Gasteiger partial charge in [-0.25, -0.2) is 0 Å². The topological polar surface area (TPSA) is 94.0 Å². The van der Waals surface area contributed by atoms with Crippen LogP contribution in [0.4, 0.5) is 0 Å². The number of nitrogens with one attached hydrogen (secondary N) is 1. The number of aromatic nitrogens is 2. The predicted octanol–water partition coefficient (Wildman–Crippen LogP) is 0.103. The fourth-order valence-electron chi connectivity index (χ4n) is 1.34. The maximum Gasteiger partial charge on any atom is 0.228 e. The molecule has 0 fully saturated rings. The molecule has 1 aromatic rings. The van der Waals surface area contributed by atoms with Crippen LogP contribution in [0.25, 0.3) is 0 Å². The third kappa shape index (κ3) is 4.39. The van der Waals surface area contributed by atoms with Crippen molar-refractivity contribution in [1.29, 1.82) is 0 Å². The number of carbonyl (C=O) groups excluding carboxylic acids is 1. The number of nitrogens with two attached hydrogens (primary N) is 1. The van der Waals surface area contributed by atoms with Gasteiger partial charge in [0.1, 0.15) is 0 Å². The highest BCUT2D eigenvalue weighted by molar-refractivity contribution is 5.76. The van der Waals surface area contributed by atoms with Gasteiger partial charge in [0.2, 0.25) is 11.8 Å². The van der Waals surface area contributed by atoms with E-state index in [1.165, 1.54) is 6.33 Å². The van der Waals surface area contributed by atoms with Gasteiger partial charge in [-0.1, -0.05) is 18.5 Å². The lowest BCUT2D eigenvalue weighted by Crippen LogP contribution is -2.29. The van der Waals surface area contributed by atoms with Crippen LogP contribution in [0.1, 0.15) is 25.7 Å². The van der Waals surface area contributed by atoms with E-state index >= 15 is 0 Å². The molecule has 90 valence electrons. The molecule has 1 atom stereocenters. The Bertz CT molecular complexity index is 296. The summed E-state index contributed by atoms with van der Waals surface area (Å²) < 4.78 is 4.81. The van der Waals surface area contributed by atoms with Crippen molar-refractivity contribution in [3.63, 3.8) is 0 Å². The average Bonchev–Trinajstić information content (AvgIpc) is 2.79. The average molecular weight is 226 g/mol. The van der Waals surface area contributed by atoms with E-state index in [-0.39, 0.29) is 11.8 Å². The van der Waals surface area contributed by atoms with Gasteiger partial charge < -0.3 is 15.6 Å². The largest absolute Gasteiger partial charge is 0.356 e. The van der Waals surface area contributed by atoms with Gasteiger partial charge in [-0.15, -0.1) is 0 Å². The van der Waals surface area contributed by atoms with Crippen LogP contribution in [0.5, 0.6) is 0 Å². The maximum absolute atomic E-state index is 11.5.